The van der Waals surface area contributed by atoms with Gasteiger partial charge in [0.05, 0.1) is 18.5 Å². The van der Waals surface area contributed by atoms with Crippen molar-refractivity contribution < 1.29 is 19.4 Å². The predicted molar refractivity (Wildman–Crippen MR) is 72.0 cm³/mol. The molecule has 2 aromatic rings. The zero-order chi connectivity index (χ0) is 14.9. The number of nitrogens with zero attached hydrogens (tertiary/aromatic N) is 1. The lowest BCUT2D eigenvalue weighted by molar-refractivity contribution is 0.145. The van der Waals surface area contributed by atoms with Crippen LogP contribution in [-0.2, 0) is 11.3 Å². The molecule has 2 aromatic heterocycles. The molecule has 108 valence electrons. The first-order valence-electron chi connectivity index (χ1n) is 5.61. The second-order valence-corrected chi connectivity index (χ2v) is 4.93. The van der Waals surface area contributed by atoms with Gasteiger partial charge in [0, 0.05) is 12.7 Å². The van der Waals surface area contributed by atoms with Crippen LogP contribution in [0.1, 0.15) is 5.56 Å². The number of H-pyrrole nitrogens is 1. The predicted octanol–water partition coefficient (Wildman–Crippen LogP) is 0.763. The first-order chi connectivity index (χ1) is 9.45. The van der Waals surface area contributed by atoms with Gasteiger partial charge in [-0.25, -0.2) is 9.59 Å². The minimum atomic E-state index is -1.47. The monoisotopic (exact) mass is 300 g/mol. The van der Waals surface area contributed by atoms with Crippen LogP contribution >= 0.6 is 11.3 Å². The van der Waals surface area contributed by atoms with E-state index in [0.717, 1.165) is 11.3 Å². The number of methoxy groups -OCH3 is 1. The molecule has 0 saturated heterocycles. The molecule has 0 spiro atoms. The maximum atomic E-state index is 11.8. The van der Waals surface area contributed by atoms with E-state index in [0.29, 0.717) is 10.4 Å². The summed E-state index contributed by atoms with van der Waals surface area (Å²) in [5, 5.41) is 8.99. The molecule has 0 aromatic carbocycles. The van der Waals surface area contributed by atoms with Gasteiger partial charge >= 0.3 is 11.8 Å². The van der Waals surface area contributed by atoms with Crippen LogP contribution in [0.15, 0.2) is 9.59 Å². The van der Waals surface area contributed by atoms with Crippen LogP contribution in [0.2, 0.25) is 0 Å². The maximum Gasteiger partial charge on any atom is 0.512 e. The number of carbonyl (C=O) groups is 1. The third kappa shape index (κ3) is 2.45. The molecule has 0 aliphatic rings. The summed E-state index contributed by atoms with van der Waals surface area (Å²) in [7, 11) is 1.49. The van der Waals surface area contributed by atoms with Gasteiger partial charge in [-0.15, -0.1) is 0 Å². The van der Waals surface area contributed by atoms with Crippen molar-refractivity contribution in [2.75, 3.05) is 13.7 Å². The van der Waals surface area contributed by atoms with Crippen molar-refractivity contribution >= 4 is 27.7 Å². The number of aryl methyl sites for hydroxylation is 1. The maximum absolute atomic E-state index is 11.8. The minimum Gasteiger partial charge on any atom is -0.449 e. The summed E-state index contributed by atoms with van der Waals surface area (Å²) in [4.78, 5) is 36.8. The van der Waals surface area contributed by atoms with E-state index in [1.807, 2.05) is 0 Å². The van der Waals surface area contributed by atoms with Crippen LogP contribution in [0.3, 0.4) is 0 Å². The van der Waals surface area contributed by atoms with Crippen LogP contribution < -0.4 is 16.0 Å². The van der Waals surface area contributed by atoms with E-state index >= 15 is 0 Å². The highest BCUT2D eigenvalue weighted by Crippen LogP contribution is 2.34. The van der Waals surface area contributed by atoms with Crippen LogP contribution in [0.5, 0.6) is 5.06 Å². The third-order valence-corrected chi connectivity index (χ3v) is 3.91. The van der Waals surface area contributed by atoms with Crippen LogP contribution in [-0.4, -0.2) is 34.5 Å². The largest absolute Gasteiger partial charge is 0.512 e. The molecule has 0 bridgehead atoms. The normalized spacial score (nSPS) is 10.9. The fourth-order valence-electron chi connectivity index (χ4n) is 1.82. The highest BCUT2D eigenvalue weighted by Gasteiger charge is 2.19. The van der Waals surface area contributed by atoms with Crippen LogP contribution in [0.4, 0.5) is 4.79 Å². The molecule has 0 fully saturated rings. The summed E-state index contributed by atoms with van der Waals surface area (Å²) in [6.45, 7) is 2.10. The van der Waals surface area contributed by atoms with Gasteiger partial charge in [0.1, 0.15) is 4.83 Å². The second-order valence-electron chi connectivity index (χ2n) is 3.97. The van der Waals surface area contributed by atoms with E-state index in [1.54, 1.807) is 6.92 Å². The lowest BCUT2D eigenvalue weighted by Crippen LogP contribution is -2.30. The number of aromatic amines is 1. The molecule has 0 aliphatic heterocycles. The van der Waals surface area contributed by atoms with Crippen molar-refractivity contribution in [3.8, 4) is 5.06 Å². The average Bonchev–Trinajstić information content (AvgIpc) is 2.66. The Kier molecular flexibility index (Phi) is 3.91. The summed E-state index contributed by atoms with van der Waals surface area (Å²) in [5.41, 5.74) is -0.741. The van der Waals surface area contributed by atoms with E-state index in [-0.39, 0.29) is 23.6 Å². The van der Waals surface area contributed by atoms with Crippen molar-refractivity contribution in [2.45, 2.75) is 13.5 Å². The molecule has 0 atom stereocenters. The Balaban J connectivity index is 2.71. The summed E-state index contributed by atoms with van der Waals surface area (Å²) in [6, 6.07) is 0. The Hall–Kier alpha value is -2.13. The molecule has 0 radical (unpaired) electrons. The van der Waals surface area contributed by atoms with Crippen molar-refractivity contribution in [3.63, 3.8) is 0 Å². The number of fused-ring (bicyclic) bond motifs is 1. The first kappa shape index (κ1) is 14.3. The van der Waals surface area contributed by atoms with Gasteiger partial charge in [-0.3, -0.25) is 14.3 Å². The lowest BCUT2D eigenvalue weighted by Gasteiger charge is -2.05. The topological polar surface area (TPSA) is 111 Å². The molecule has 0 amide bonds. The number of rotatable bonds is 4. The minimum absolute atomic E-state index is 0.0785. The number of nitrogens with one attached hydrogen (secondary N) is 1. The number of thiophene rings is 1. The molecule has 9 heteroatoms. The van der Waals surface area contributed by atoms with Gasteiger partial charge in [0.25, 0.3) is 5.56 Å². The molecule has 8 nitrogen and oxygen atoms in total. The van der Waals surface area contributed by atoms with Gasteiger partial charge in [-0.05, 0) is 6.92 Å². The zero-order valence-corrected chi connectivity index (χ0v) is 11.6. The van der Waals surface area contributed by atoms with E-state index in [1.165, 1.54) is 11.7 Å². The molecule has 2 heterocycles. The van der Waals surface area contributed by atoms with Crippen LogP contribution in [0.25, 0.3) is 10.2 Å². The highest BCUT2D eigenvalue weighted by molar-refractivity contribution is 7.20. The van der Waals surface area contributed by atoms with E-state index < -0.39 is 17.4 Å². The number of hydrogen-bond donors (Lipinski definition) is 2. The summed E-state index contributed by atoms with van der Waals surface area (Å²) in [5.74, 6) is 0. The highest BCUT2D eigenvalue weighted by atomic mass is 32.1. The smallest absolute Gasteiger partial charge is 0.449 e. The average molecular weight is 300 g/mol. The molecule has 2 N–H and O–H groups in total. The molecular weight excluding hydrogens is 288 g/mol. The quantitative estimate of drug-likeness (QED) is 0.807. The molecule has 0 unspecified atom stereocenters. The van der Waals surface area contributed by atoms with Crippen molar-refractivity contribution in [3.05, 3.63) is 26.4 Å². The van der Waals surface area contributed by atoms with Crippen molar-refractivity contribution in [1.82, 2.24) is 9.55 Å². The Bertz CT molecular complexity index is 772. The second kappa shape index (κ2) is 5.47. The van der Waals surface area contributed by atoms with Gasteiger partial charge in [-0.2, -0.15) is 0 Å². The number of aromatic nitrogens is 2. The van der Waals surface area contributed by atoms with Gasteiger partial charge < -0.3 is 14.6 Å². The Labute approximate surface area is 116 Å². The molecular formula is C11H12N2O6S. The van der Waals surface area contributed by atoms with Gasteiger partial charge in [-0.1, -0.05) is 11.3 Å². The SMILES string of the molecule is COCCn1c(=O)[nH]c(=O)c2c(C)c(OC(=O)O)sc21. The van der Waals surface area contributed by atoms with Gasteiger partial charge in [0.2, 0.25) is 0 Å². The number of hydrogen-bond acceptors (Lipinski definition) is 6. The summed E-state index contributed by atoms with van der Waals surface area (Å²) >= 11 is 0.942. The molecule has 0 saturated carbocycles. The summed E-state index contributed by atoms with van der Waals surface area (Å²) < 4.78 is 10.9. The molecule has 0 aliphatic carbocycles. The zero-order valence-electron chi connectivity index (χ0n) is 10.8. The third-order valence-electron chi connectivity index (χ3n) is 2.72. The number of carboxylic acid groups (broad SMARTS) is 1. The Morgan fingerprint density at radius 2 is 2.15 bits per heavy atom. The summed E-state index contributed by atoms with van der Waals surface area (Å²) in [6.07, 6.45) is -1.47. The van der Waals surface area contributed by atoms with E-state index in [4.69, 9.17) is 9.84 Å². The number of ether oxygens (including phenoxy) is 2. The first-order valence-corrected chi connectivity index (χ1v) is 6.43. The standard InChI is InChI=1S/C11H12N2O6S/c1-5-6-7(14)12-10(15)13(3-4-18-2)8(6)20-9(5)19-11(16)17/h3-4H2,1-2H3,(H,16,17)(H,12,14,15). The van der Waals surface area contributed by atoms with E-state index in [9.17, 15) is 14.4 Å². The Morgan fingerprint density at radius 3 is 2.75 bits per heavy atom. The lowest BCUT2D eigenvalue weighted by atomic mass is 10.2. The van der Waals surface area contributed by atoms with E-state index in [2.05, 4.69) is 9.72 Å². The molecule has 2 rings (SSSR count). The van der Waals surface area contributed by atoms with Gasteiger partial charge in [0.15, 0.2) is 5.06 Å². The fraction of sp³-hybridized carbons (Fsp3) is 0.364. The van der Waals surface area contributed by atoms with Crippen molar-refractivity contribution in [2.24, 2.45) is 0 Å². The fourth-order valence-corrected chi connectivity index (χ4v) is 2.99. The van der Waals surface area contributed by atoms with Crippen molar-refractivity contribution in [1.29, 1.82) is 0 Å². The van der Waals surface area contributed by atoms with Crippen LogP contribution in [0, 0.1) is 6.92 Å². The molecule has 20 heavy (non-hydrogen) atoms. The Morgan fingerprint density at radius 1 is 1.45 bits per heavy atom.